The summed E-state index contributed by atoms with van der Waals surface area (Å²) < 4.78 is 5.02. The molecule has 1 heterocycles. The number of carbonyl (C=O) groups is 1. The molecule has 1 saturated heterocycles. The van der Waals surface area contributed by atoms with Crippen LogP contribution < -0.4 is 5.32 Å². The van der Waals surface area contributed by atoms with E-state index in [1.54, 1.807) is 7.11 Å². The smallest absolute Gasteiger partial charge is 0.225 e. The van der Waals surface area contributed by atoms with Crippen LogP contribution in [0.4, 0.5) is 0 Å². The molecule has 0 saturated carbocycles. The van der Waals surface area contributed by atoms with Crippen molar-refractivity contribution in [3.8, 4) is 0 Å². The summed E-state index contributed by atoms with van der Waals surface area (Å²) in [6, 6.07) is 10.6. The second kappa shape index (κ2) is 8.91. The first-order chi connectivity index (χ1) is 10.7. The quantitative estimate of drug-likeness (QED) is 0.840. The number of amides is 1. The molecule has 0 aliphatic carbocycles. The van der Waals surface area contributed by atoms with Crippen molar-refractivity contribution in [2.75, 3.05) is 33.4 Å². The van der Waals surface area contributed by atoms with Gasteiger partial charge in [0.15, 0.2) is 0 Å². The number of carbonyl (C=O) groups excluding carboxylic acids is 1. The van der Waals surface area contributed by atoms with Crippen LogP contribution in [-0.2, 0) is 16.1 Å². The molecule has 0 bridgehead atoms. The number of ether oxygens (including phenoxy) is 1. The van der Waals surface area contributed by atoms with E-state index in [1.807, 2.05) is 6.92 Å². The van der Waals surface area contributed by atoms with Gasteiger partial charge in [-0.1, -0.05) is 37.3 Å². The van der Waals surface area contributed by atoms with E-state index in [0.29, 0.717) is 12.5 Å². The zero-order valence-corrected chi connectivity index (χ0v) is 13.8. The highest BCUT2D eigenvalue weighted by atomic mass is 16.5. The van der Waals surface area contributed by atoms with E-state index < -0.39 is 0 Å². The fourth-order valence-electron chi connectivity index (χ4n) is 2.94. The maximum Gasteiger partial charge on any atom is 0.225 e. The molecule has 1 unspecified atom stereocenters. The number of nitrogens with one attached hydrogen (secondary N) is 1. The number of benzene rings is 1. The van der Waals surface area contributed by atoms with Crippen LogP contribution in [0.3, 0.4) is 0 Å². The molecule has 1 aliphatic heterocycles. The Bertz CT molecular complexity index is 442. The monoisotopic (exact) mass is 304 g/mol. The Hall–Kier alpha value is -1.39. The number of hydrogen-bond donors (Lipinski definition) is 1. The average Bonchev–Trinajstić information content (AvgIpc) is 2.55. The van der Waals surface area contributed by atoms with E-state index in [2.05, 4.69) is 40.5 Å². The van der Waals surface area contributed by atoms with Crippen LogP contribution in [0.1, 0.15) is 25.3 Å². The largest absolute Gasteiger partial charge is 0.384 e. The third kappa shape index (κ3) is 5.43. The van der Waals surface area contributed by atoms with Gasteiger partial charge in [-0.2, -0.15) is 0 Å². The molecule has 0 aromatic heterocycles. The molecule has 122 valence electrons. The maximum atomic E-state index is 11.9. The lowest BCUT2D eigenvalue weighted by atomic mass is 9.96. The Labute approximate surface area is 133 Å². The molecular weight excluding hydrogens is 276 g/mol. The van der Waals surface area contributed by atoms with Gasteiger partial charge in [0, 0.05) is 20.2 Å². The topological polar surface area (TPSA) is 41.6 Å². The van der Waals surface area contributed by atoms with Crippen molar-refractivity contribution in [2.45, 2.75) is 26.3 Å². The van der Waals surface area contributed by atoms with Crippen molar-refractivity contribution >= 4 is 5.91 Å². The molecule has 22 heavy (non-hydrogen) atoms. The number of piperidine rings is 1. The SMILES string of the molecule is COCC(C)C(=O)NCC1CCN(Cc2ccccc2)CC1. The number of likely N-dealkylation sites (tertiary alicyclic amines) is 1. The van der Waals surface area contributed by atoms with E-state index in [4.69, 9.17) is 4.74 Å². The van der Waals surface area contributed by atoms with Crippen molar-refractivity contribution < 1.29 is 9.53 Å². The highest BCUT2D eigenvalue weighted by molar-refractivity contribution is 5.78. The summed E-state index contributed by atoms with van der Waals surface area (Å²) in [5, 5.41) is 3.06. The van der Waals surface area contributed by atoms with Crippen molar-refractivity contribution in [1.29, 1.82) is 0 Å². The number of hydrogen-bond acceptors (Lipinski definition) is 3. The maximum absolute atomic E-state index is 11.9. The molecule has 0 radical (unpaired) electrons. The lowest BCUT2D eigenvalue weighted by Crippen LogP contribution is -2.40. The fraction of sp³-hybridized carbons (Fsp3) is 0.611. The highest BCUT2D eigenvalue weighted by Crippen LogP contribution is 2.18. The Morgan fingerprint density at radius 3 is 2.64 bits per heavy atom. The minimum atomic E-state index is -0.0665. The second-order valence-corrected chi connectivity index (χ2v) is 6.31. The molecule has 1 aromatic carbocycles. The van der Waals surface area contributed by atoms with Crippen LogP contribution in [0.15, 0.2) is 30.3 Å². The van der Waals surface area contributed by atoms with Crippen molar-refractivity contribution in [2.24, 2.45) is 11.8 Å². The predicted molar refractivity (Wildman–Crippen MR) is 88.5 cm³/mol. The molecule has 4 heteroatoms. The molecule has 1 aromatic rings. The highest BCUT2D eigenvalue weighted by Gasteiger charge is 2.20. The molecular formula is C18H28N2O2. The molecule has 1 amide bonds. The normalized spacial score (nSPS) is 18.1. The van der Waals surface area contributed by atoms with Gasteiger partial charge in [-0.05, 0) is 37.4 Å². The van der Waals surface area contributed by atoms with Crippen LogP contribution >= 0.6 is 0 Å². The fourth-order valence-corrected chi connectivity index (χ4v) is 2.94. The van der Waals surface area contributed by atoms with E-state index in [1.165, 1.54) is 5.56 Å². The summed E-state index contributed by atoms with van der Waals surface area (Å²) in [6.07, 6.45) is 2.32. The van der Waals surface area contributed by atoms with E-state index in [9.17, 15) is 4.79 Å². The summed E-state index contributed by atoms with van der Waals surface area (Å²) in [6.45, 7) is 6.45. The summed E-state index contributed by atoms with van der Waals surface area (Å²) >= 11 is 0. The van der Waals surface area contributed by atoms with Gasteiger partial charge in [0.05, 0.1) is 12.5 Å². The third-order valence-corrected chi connectivity index (χ3v) is 4.39. The Balaban J connectivity index is 1.66. The van der Waals surface area contributed by atoms with E-state index in [-0.39, 0.29) is 11.8 Å². The predicted octanol–water partition coefficient (Wildman–Crippen LogP) is 2.30. The summed E-state index contributed by atoms with van der Waals surface area (Å²) in [7, 11) is 1.63. The number of nitrogens with zero attached hydrogens (tertiary/aromatic N) is 1. The van der Waals surface area contributed by atoms with Gasteiger partial charge in [0.1, 0.15) is 0 Å². The van der Waals surface area contributed by atoms with Crippen LogP contribution in [0.5, 0.6) is 0 Å². The first kappa shape index (κ1) is 17.0. The zero-order chi connectivity index (χ0) is 15.8. The van der Waals surface area contributed by atoms with Gasteiger partial charge in [-0.3, -0.25) is 9.69 Å². The van der Waals surface area contributed by atoms with Crippen LogP contribution in [0, 0.1) is 11.8 Å². The van der Waals surface area contributed by atoms with Gasteiger partial charge in [0.2, 0.25) is 5.91 Å². The van der Waals surface area contributed by atoms with Crippen LogP contribution in [-0.4, -0.2) is 44.2 Å². The molecule has 1 fully saturated rings. The van der Waals surface area contributed by atoms with Crippen molar-refractivity contribution in [1.82, 2.24) is 10.2 Å². The lowest BCUT2D eigenvalue weighted by molar-refractivity contribution is -0.126. The third-order valence-electron chi connectivity index (χ3n) is 4.39. The molecule has 4 nitrogen and oxygen atoms in total. The van der Waals surface area contributed by atoms with E-state index >= 15 is 0 Å². The summed E-state index contributed by atoms with van der Waals surface area (Å²) in [4.78, 5) is 14.4. The molecule has 1 N–H and O–H groups in total. The average molecular weight is 304 g/mol. The number of methoxy groups -OCH3 is 1. The van der Waals surface area contributed by atoms with Gasteiger partial charge in [0.25, 0.3) is 0 Å². The van der Waals surface area contributed by atoms with Crippen molar-refractivity contribution in [3.63, 3.8) is 0 Å². The van der Waals surface area contributed by atoms with E-state index in [0.717, 1.165) is 39.0 Å². The van der Waals surface area contributed by atoms with Crippen LogP contribution in [0.2, 0.25) is 0 Å². The molecule has 0 spiro atoms. The van der Waals surface area contributed by atoms with Crippen molar-refractivity contribution in [3.05, 3.63) is 35.9 Å². The minimum Gasteiger partial charge on any atom is -0.384 e. The Morgan fingerprint density at radius 2 is 2.00 bits per heavy atom. The lowest BCUT2D eigenvalue weighted by Gasteiger charge is -2.32. The van der Waals surface area contributed by atoms with Gasteiger partial charge in [-0.25, -0.2) is 0 Å². The first-order valence-corrected chi connectivity index (χ1v) is 8.22. The minimum absolute atomic E-state index is 0.0665. The first-order valence-electron chi connectivity index (χ1n) is 8.22. The molecule has 1 aliphatic rings. The van der Waals surface area contributed by atoms with Gasteiger partial charge in [-0.15, -0.1) is 0 Å². The second-order valence-electron chi connectivity index (χ2n) is 6.31. The summed E-state index contributed by atoms with van der Waals surface area (Å²) in [5.41, 5.74) is 1.38. The Kier molecular flexibility index (Phi) is 6.87. The number of rotatable bonds is 7. The molecule has 2 rings (SSSR count). The van der Waals surface area contributed by atoms with Gasteiger partial charge < -0.3 is 10.1 Å². The summed E-state index contributed by atoms with van der Waals surface area (Å²) in [5.74, 6) is 0.641. The van der Waals surface area contributed by atoms with Gasteiger partial charge >= 0.3 is 0 Å². The standard InChI is InChI=1S/C18H28N2O2/c1-15(14-22-2)18(21)19-12-16-8-10-20(11-9-16)13-17-6-4-3-5-7-17/h3-7,15-16H,8-14H2,1-2H3,(H,19,21). The molecule has 1 atom stereocenters. The zero-order valence-electron chi connectivity index (χ0n) is 13.8. The Morgan fingerprint density at radius 1 is 1.32 bits per heavy atom. The van der Waals surface area contributed by atoms with Crippen LogP contribution in [0.25, 0.3) is 0 Å².